The Labute approximate surface area is 89.5 Å². The van der Waals surface area contributed by atoms with E-state index in [1.807, 2.05) is 0 Å². The highest BCUT2D eigenvalue weighted by atomic mass is 14.5. The molecule has 1 nitrogen and oxygen atoms in total. The number of rotatable bonds is 8. The minimum Gasteiger partial charge on any atom is -0.330 e. The molecule has 0 atom stereocenters. The lowest BCUT2D eigenvalue weighted by molar-refractivity contribution is 0.625. The molecule has 0 aliphatic heterocycles. The van der Waals surface area contributed by atoms with Gasteiger partial charge in [0, 0.05) is 12.8 Å². The third kappa shape index (κ3) is 11.5. The van der Waals surface area contributed by atoms with Gasteiger partial charge in [0.25, 0.3) is 0 Å². The maximum atomic E-state index is 5.42. The minimum absolute atomic E-state index is 0.844. The van der Waals surface area contributed by atoms with Crippen molar-refractivity contribution in [1.29, 1.82) is 0 Å². The second-order valence-corrected chi connectivity index (χ2v) is 3.76. The van der Waals surface area contributed by atoms with Gasteiger partial charge in [-0.2, -0.15) is 0 Å². The predicted molar refractivity (Wildman–Crippen MR) is 64.1 cm³/mol. The zero-order chi connectivity index (χ0) is 10.5. The van der Waals surface area contributed by atoms with E-state index in [4.69, 9.17) is 5.73 Å². The van der Waals surface area contributed by atoms with Crippen molar-refractivity contribution in [2.45, 2.75) is 64.7 Å². The average Bonchev–Trinajstić information content (AvgIpc) is 2.21. The molecule has 0 aliphatic carbocycles. The zero-order valence-electron chi connectivity index (χ0n) is 9.65. The molecule has 14 heavy (non-hydrogen) atoms. The molecule has 0 saturated heterocycles. The standard InChI is InChI=1S/C13H25N/c1-2-3-4-5-6-7-8-9-10-11-12-13-14/h2-4,7-14H2,1H3. The molecule has 82 valence electrons. The monoisotopic (exact) mass is 195 g/mol. The van der Waals surface area contributed by atoms with Gasteiger partial charge in [0.1, 0.15) is 0 Å². The summed E-state index contributed by atoms with van der Waals surface area (Å²) in [4.78, 5) is 0. The first-order valence-electron chi connectivity index (χ1n) is 6.07. The first kappa shape index (κ1) is 13.5. The molecule has 0 rings (SSSR count). The second-order valence-electron chi connectivity index (χ2n) is 3.76. The van der Waals surface area contributed by atoms with E-state index in [1.54, 1.807) is 0 Å². The van der Waals surface area contributed by atoms with Gasteiger partial charge in [-0.1, -0.05) is 32.6 Å². The van der Waals surface area contributed by atoms with Crippen molar-refractivity contribution in [2.75, 3.05) is 6.54 Å². The second kappa shape index (κ2) is 12.5. The summed E-state index contributed by atoms with van der Waals surface area (Å²) in [6, 6.07) is 0. The van der Waals surface area contributed by atoms with E-state index in [0.717, 1.165) is 19.4 Å². The number of nitrogens with two attached hydrogens (primary N) is 1. The summed E-state index contributed by atoms with van der Waals surface area (Å²) in [5.74, 6) is 6.45. The molecule has 1 heteroatoms. The van der Waals surface area contributed by atoms with E-state index in [0.29, 0.717) is 0 Å². The molecule has 0 fully saturated rings. The molecule has 0 aromatic carbocycles. The molecule has 0 aromatic heterocycles. The highest BCUT2D eigenvalue weighted by Crippen LogP contribution is 2.04. The normalized spacial score (nSPS) is 9.57. The molecular weight excluding hydrogens is 170 g/mol. The van der Waals surface area contributed by atoms with Crippen LogP contribution in [0.4, 0.5) is 0 Å². The van der Waals surface area contributed by atoms with Crippen LogP contribution in [-0.2, 0) is 0 Å². The fraction of sp³-hybridized carbons (Fsp3) is 0.846. The lowest BCUT2D eigenvalue weighted by Gasteiger charge is -1.96. The number of hydrogen-bond acceptors (Lipinski definition) is 1. The van der Waals surface area contributed by atoms with Crippen molar-refractivity contribution in [3.05, 3.63) is 0 Å². The van der Waals surface area contributed by atoms with Crippen molar-refractivity contribution in [3.63, 3.8) is 0 Å². The van der Waals surface area contributed by atoms with Crippen LogP contribution in [0, 0.1) is 11.8 Å². The van der Waals surface area contributed by atoms with Crippen LogP contribution in [-0.4, -0.2) is 6.54 Å². The molecule has 0 spiro atoms. The molecule has 2 N–H and O–H groups in total. The molecule has 0 heterocycles. The summed E-state index contributed by atoms with van der Waals surface area (Å²) < 4.78 is 0. The number of hydrogen-bond donors (Lipinski definition) is 1. The summed E-state index contributed by atoms with van der Waals surface area (Å²) in [5, 5.41) is 0. The largest absolute Gasteiger partial charge is 0.330 e. The number of unbranched alkanes of at least 4 members (excludes halogenated alkanes) is 7. The van der Waals surface area contributed by atoms with E-state index in [2.05, 4.69) is 18.8 Å². The summed E-state index contributed by atoms with van der Waals surface area (Å²) in [5.41, 5.74) is 5.42. The Hall–Kier alpha value is -0.480. The minimum atomic E-state index is 0.844. The van der Waals surface area contributed by atoms with Gasteiger partial charge in [-0.3, -0.25) is 0 Å². The van der Waals surface area contributed by atoms with Crippen LogP contribution >= 0.6 is 0 Å². The average molecular weight is 195 g/mol. The first-order chi connectivity index (χ1) is 6.91. The topological polar surface area (TPSA) is 26.0 Å². The van der Waals surface area contributed by atoms with Crippen molar-refractivity contribution >= 4 is 0 Å². The summed E-state index contributed by atoms with van der Waals surface area (Å²) in [6.07, 6.45) is 11.1. The van der Waals surface area contributed by atoms with Crippen molar-refractivity contribution in [2.24, 2.45) is 5.73 Å². The first-order valence-corrected chi connectivity index (χ1v) is 6.07. The van der Waals surface area contributed by atoms with Crippen LogP contribution in [0.25, 0.3) is 0 Å². The highest BCUT2D eigenvalue weighted by Gasteiger charge is 1.87. The molecule has 0 bridgehead atoms. The van der Waals surface area contributed by atoms with Gasteiger partial charge in [0.2, 0.25) is 0 Å². The molecule has 0 saturated carbocycles. The van der Waals surface area contributed by atoms with Crippen LogP contribution < -0.4 is 5.73 Å². The van der Waals surface area contributed by atoms with Gasteiger partial charge in [-0.05, 0) is 25.8 Å². The zero-order valence-corrected chi connectivity index (χ0v) is 9.65. The molecule has 0 unspecified atom stereocenters. The van der Waals surface area contributed by atoms with E-state index >= 15 is 0 Å². The van der Waals surface area contributed by atoms with E-state index < -0.39 is 0 Å². The Morgan fingerprint density at radius 3 is 2.00 bits per heavy atom. The SMILES string of the molecule is CCCCC#CCCCCCCCN. The fourth-order valence-electron chi connectivity index (χ4n) is 1.33. The van der Waals surface area contributed by atoms with Crippen molar-refractivity contribution in [3.8, 4) is 11.8 Å². The maximum Gasteiger partial charge on any atom is 0.00886 e. The van der Waals surface area contributed by atoms with E-state index in [9.17, 15) is 0 Å². The van der Waals surface area contributed by atoms with Crippen LogP contribution in [0.15, 0.2) is 0 Å². The fourth-order valence-corrected chi connectivity index (χ4v) is 1.33. The Balaban J connectivity index is 2.99. The van der Waals surface area contributed by atoms with Gasteiger partial charge >= 0.3 is 0 Å². The quantitative estimate of drug-likeness (QED) is 0.466. The third-order valence-electron chi connectivity index (χ3n) is 2.29. The van der Waals surface area contributed by atoms with Gasteiger partial charge < -0.3 is 5.73 Å². The Bertz CT molecular complexity index is 152. The van der Waals surface area contributed by atoms with E-state index in [1.165, 1.54) is 44.9 Å². The molecule has 0 aliphatic rings. The summed E-state index contributed by atoms with van der Waals surface area (Å²) >= 11 is 0. The van der Waals surface area contributed by atoms with Crippen LogP contribution in [0.5, 0.6) is 0 Å². The lowest BCUT2D eigenvalue weighted by atomic mass is 10.1. The van der Waals surface area contributed by atoms with Crippen LogP contribution in [0.1, 0.15) is 64.7 Å². The Morgan fingerprint density at radius 1 is 0.786 bits per heavy atom. The van der Waals surface area contributed by atoms with Gasteiger partial charge in [-0.25, -0.2) is 0 Å². The predicted octanol–water partition coefficient (Wildman–Crippen LogP) is 3.48. The van der Waals surface area contributed by atoms with Gasteiger partial charge in [0.05, 0.1) is 0 Å². The van der Waals surface area contributed by atoms with Gasteiger partial charge in [-0.15, -0.1) is 11.8 Å². The lowest BCUT2D eigenvalue weighted by Crippen LogP contribution is -1.97. The molecular formula is C13H25N. The van der Waals surface area contributed by atoms with E-state index in [-0.39, 0.29) is 0 Å². The van der Waals surface area contributed by atoms with Crippen LogP contribution in [0.3, 0.4) is 0 Å². The van der Waals surface area contributed by atoms with Crippen LogP contribution in [0.2, 0.25) is 0 Å². The highest BCUT2D eigenvalue weighted by molar-refractivity contribution is 4.98. The third-order valence-corrected chi connectivity index (χ3v) is 2.29. The van der Waals surface area contributed by atoms with Crippen molar-refractivity contribution < 1.29 is 0 Å². The summed E-state index contributed by atoms with van der Waals surface area (Å²) in [6.45, 7) is 3.05. The maximum absolute atomic E-state index is 5.42. The molecule has 0 radical (unpaired) electrons. The molecule has 0 amide bonds. The Morgan fingerprint density at radius 2 is 1.36 bits per heavy atom. The molecule has 0 aromatic rings. The summed E-state index contributed by atoms with van der Waals surface area (Å²) in [7, 11) is 0. The Kier molecular flexibility index (Phi) is 12.1. The van der Waals surface area contributed by atoms with Gasteiger partial charge in [0.15, 0.2) is 0 Å². The van der Waals surface area contributed by atoms with Crippen molar-refractivity contribution in [1.82, 2.24) is 0 Å². The smallest absolute Gasteiger partial charge is 0.00886 e.